The zero-order valence-electron chi connectivity index (χ0n) is 16.7. The summed E-state index contributed by atoms with van der Waals surface area (Å²) in [6, 6.07) is 4.67. The highest BCUT2D eigenvalue weighted by atomic mass is 16.6. The average molecular weight is 360 g/mol. The number of aromatic nitrogens is 1. The first-order valence-electron chi connectivity index (χ1n) is 10.1. The smallest absolute Gasteiger partial charge is 0.416 e. The molecule has 3 rings (SSSR count). The molecule has 2 aliphatic rings. The molecule has 0 unspecified atom stereocenters. The van der Waals surface area contributed by atoms with Crippen molar-refractivity contribution in [2.75, 3.05) is 18.0 Å². The number of pyridine rings is 1. The third-order valence-corrected chi connectivity index (χ3v) is 5.45. The van der Waals surface area contributed by atoms with Crippen LogP contribution in [0.4, 0.5) is 10.6 Å². The summed E-state index contributed by atoms with van der Waals surface area (Å²) in [7, 11) is 0. The molecular weight excluding hydrogens is 326 g/mol. The average Bonchev–Trinajstić information content (AvgIpc) is 3.25. The summed E-state index contributed by atoms with van der Waals surface area (Å²) in [5.41, 5.74) is 0.663. The van der Waals surface area contributed by atoms with E-state index in [1.54, 1.807) is 6.20 Å². The first-order chi connectivity index (χ1) is 12.4. The lowest BCUT2D eigenvalue weighted by molar-refractivity contribution is 0.0564. The molecule has 0 radical (unpaired) electrons. The fraction of sp³-hybridized carbons (Fsp3) is 0.714. The SMILES string of the molecule is CCN1CCC[C@H]1c1cccnc1N(C(=O)OC(C)(C)C)C1CCCC1. The summed E-state index contributed by atoms with van der Waals surface area (Å²) in [6.45, 7) is 10.1. The van der Waals surface area contributed by atoms with Crippen LogP contribution in [0.25, 0.3) is 0 Å². The standard InChI is InChI=1S/C21H33N3O2/c1-5-23-15-9-13-18(23)17-12-8-14-22-19(17)24(16-10-6-7-11-16)20(25)26-21(2,3)4/h8,12,14,16,18H,5-7,9-11,13,15H2,1-4H3/t18-/m0/s1. The molecule has 1 saturated heterocycles. The van der Waals surface area contributed by atoms with Crippen molar-refractivity contribution in [3.05, 3.63) is 23.9 Å². The fourth-order valence-electron chi connectivity index (χ4n) is 4.31. The molecule has 1 atom stereocenters. The van der Waals surface area contributed by atoms with Gasteiger partial charge in [-0.15, -0.1) is 0 Å². The maximum Gasteiger partial charge on any atom is 0.416 e. The van der Waals surface area contributed by atoms with Gasteiger partial charge in [0.2, 0.25) is 0 Å². The van der Waals surface area contributed by atoms with Gasteiger partial charge in [0.15, 0.2) is 0 Å². The highest BCUT2D eigenvalue weighted by Gasteiger charge is 2.36. The predicted molar refractivity (Wildman–Crippen MR) is 104 cm³/mol. The number of amides is 1. The van der Waals surface area contributed by atoms with Crippen molar-refractivity contribution in [2.24, 2.45) is 0 Å². The van der Waals surface area contributed by atoms with Crippen LogP contribution in [0.5, 0.6) is 0 Å². The minimum atomic E-state index is -0.508. The zero-order chi connectivity index (χ0) is 18.7. The molecule has 1 aromatic heterocycles. The third kappa shape index (κ3) is 4.20. The Hall–Kier alpha value is -1.62. The van der Waals surface area contributed by atoms with Crippen molar-refractivity contribution < 1.29 is 9.53 Å². The van der Waals surface area contributed by atoms with Gasteiger partial charge in [0.1, 0.15) is 11.4 Å². The van der Waals surface area contributed by atoms with E-state index >= 15 is 0 Å². The number of anilines is 1. The van der Waals surface area contributed by atoms with Crippen molar-refractivity contribution in [1.82, 2.24) is 9.88 Å². The van der Waals surface area contributed by atoms with E-state index in [4.69, 9.17) is 4.74 Å². The zero-order valence-corrected chi connectivity index (χ0v) is 16.7. The lowest BCUT2D eigenvalue weighted by Gasteiger charge is -2.34. The lowest BCUT2D eigenvalue weighted by atomic mass is 10.0. The van der Waals surface area contributed by atoms with Crippen molar-refractivity contribution >= 4 is 11.9 Å². The monoisotopic (exact) mass is 359 g/mol. The van der Waals surface area contributed by atoms with Gasteiger partial charge in [0, 0.05) is 23.8 Å². The topological polar surface area (TPSA) is 45.7 Å². The Bertz CT molecular complexity index is 620. The van der Waals surface area contributed by atoms with Crippen LogP contribution < -0.4 is 4.90 Å². The molecular formula is C21H33N3O2. The molecule has 0 spiro atoms. The summed E-state index contributed by atoms with van der Waals surface area (Å²) in [5, 5.41) is 0. The Morgan fingerprint density at radius 3 is 2.65 bits per heavy atom. The van der Waals surface area contributed by atoms with Crippen LogP contribution in [-0.2, 0) is 4.74 Å². The Morgan fingerprint density at radius 2 is 2.00 bits per heavy atom. The van der Waals surface area contributed by atoms with Crippen LogP contribution in [0.2, 0.25) is 0 Å². The number of hydrogen-bond acceptors (Lipinski definition) is 4. The molecule has 1 amide bonds. The van der Waals surface area contributed by atoms with Crippen LogP contribution >= 0.6 is 0 Å². The van der Waals surface area contributed by atoms with Crippen LogP contribution in [0, 0.1) is 0 Å². The van der Waals surface area contributed by atoms with Gasteiger partial charge in [-0.05, 0) is 65.6 Å². The van der Waals surface area contributed by atoms with Crippen molar-refractivity contribution in [2.45, 2.75) is 83.9 Å². The van der Waals surface area contributed by atoms with E-state index < -0.39 is 5.60 Å². The second-order valence-corrected chi connectivity index (χ2v) is 8.49. The quantitative estimate of drug-likeness (QED) is 0.765. The summed E-state index contributed by atoms with van der Waals surface area (Å²) >= 11 is 0. The van der Waals surface area contributed by atoms with Crippen LogP contribution in [0.1, 0.15) is 77.8 Å². The minimum absolute atomic E-state index is 0.190. The van der Waals surface area contributed by atoms with Crippen molar-refractivity contribution in [3.8, 4) is 0 Å². The maximum absolute atomic E-state index is 13.1. The van der Waals surface area contributed by atoms with E-state index in [0.717, 1.165) is 51.0 Å². The Balaban J connectivity index is 1.97. The van der Waals surface area contributed by atoms with E-state index in [1.807, 2.05) is 31.7 Å². The molecule has 144 valence electrons. The number of carbonyl (C=O) groups excluding carboxylic acids is 1. The van der Waals surface area contributed by atoms with Gasteiger partial charge < -0.3 is 4.74 Å². The van der Waals surface area contributed by atoms with Crippen LogP contribution in [0.15, 0.2) is 18.3 Å². The molecule has 2 heterocycles. The molecule has 5 nitrogen and oxygen atoms in total. The molecule has 0 N–H and O–H groups in total. The van der Waals surface area contributed by atoms with Gasteiger partial charge in [0.05, 0.1) is 0 Å². The summed E-state index contributed by atoms with van der Waals surface area (Å²) in [6.07, 6.45) is 8.24. The fourth-order valence-corrected chi connectivity index (χ4v) is 4.31. The lowest BCUT2D eigenvalue weighted by Crippen LogP contribution is -2.44. The first kappa shape index (κ1) is 19.2. The van der Waals surface area contributed by atoms with Crippen molar-refractivity contribution in [1.29, 1.82) is 0 Å². The molecule has 1 aromatic rings. The molecule has 0 aromatic carbocycles. The number of rotatable bonds is 4. The maximum atomic E-state index is 13.1. The van der Waals surface area contributed by atoms with Gasteiger partial charge in [0.25, 0.3) is 0 Å². The normalized spacial score (nSPS) is 21.9. The van der Waals surface area contributed by atoms with E-state index in [-0.39, 0.29) is 12.1 Å². The number of ether oxygens (including phenoxy) is 1. The summed E-state index contributed by atoms with van der Waals surface area (Å²) in [5.74, 6) is 0.805. The number of likely N-dealkylation sites (tertiary alicyclic amines) is 1. The molecule has 26 heavy (non-hydrogen) atoms. The minimum Gasteiger partial charge on any atom is -0.443 e. The van der Waals surface area contributed by atoms with E-state index in [2.05, 4.69) is 22.9 Å². The number of hydrogen-bond donors (Lipinski definition) is 0. The molecule has 5 heteroatoms. The molecule has 2 fully saturated rings. The van der Waals surface area contributed by atoms with Gasteiger partial charge in [-0.3, -0.25) is 9.80 Å². The summed E-state index contributed by atoms with van der Waals surface area (Å²) < 4.78 is 5.77. The highest BCUT2D eigenvalue weighted by Crippen LogP contribution is 2.38. The van der Waals surface area contributed by atoms with Crippen LogP contribution in [-0.4, -0.2) is 40.7 Å². The number of carbonyl (C=O) groups is 1. The van der Waals surface area contributed by atoms with Gasteiger partial charge >= 0.3 is 6.09 Å². The second kappa shape index (κ2) is 7.95. The van der Waals surface area contributed by atoms with E-state index in [0.29, 0.717) is 6.04 Å². The largest absolute Gasteiger partial charge is 0.443 e. The summed E-state index contributed by atoms with van der Waals surface area (Å²) in [4.78, 5) is 22.2. The first-order valence-corrected chi connectivity index (χ1v) is 10.1. The van der Waals surface area contributed by atoms with Crippen molar-refractivity contribution in [3.63, 3.8) is 0 Å². The third-order valence-electron chi connectivity index (χ3n) is 5.45. The van der Waals surface area contributed by atoms with Gasteiger partial charge in [-0.1, -0.05) is 25.8 Å². The Morgan fingerprint density at radius 1 is 1.27 bits per heavy atom. The van der Waals surface area contributed by atoms with Gasteiger partial charge in [-0.2, -0.15) is 0 Å². The second-order valence-electron chi connectivity index (χ2n) is 8.49. The van der Waals surface area contributed by atoms with Gasteiger partial charge in [-0.25, -0.2) is 9.78 Å². The van der Waals surface area contributed by atoms with Crippen LogP contribution in [0.3, 0.4) is 0 Å². The Labute approximate surface area is 157 Å². The van der Waals surface area contributed by atoms with E-state index in [1.165, 1.54) is 12.0 Å². The molecule has 1 aliphatic heterocycles. The Kier molecular flexibility index (Phi) is 5.86. The highest BCUT2D eigenvalue weighted by molar-refractivity contribution is 5.88. The number of nitrogens with zero attached hydrogens (tertiary/aromatic N) is 3. The molecule has 1 saturated carbocycles. The van der Waals surface area contributed by atoms with E-state index in [9.17, 15) is 4.79 Å². The molecule has 0 bridgehead atoms. The predicted octanol–water partition coefficient (Wildman–Crippen LogP) is 4.92. The molecule has 1 aliphatic carbocycles.